The van der Waals surface area contributed by atoms with Crippen LogP contribution in [0.5, 0.6) is 0 Å². The van der Waals surface area contributed by atoms with E-state index in [1.54, 1.807) is 0 Å². The fraction of sp³-hybridized carbons (Fsp3) is 0.579. The van der Waals surface area contributed by atoms with Crippen LogP contribution in [0, 0.1) is 5.92 Å². The molecule has 1 rings (SSSR count). The molecule has 1 unspecified atom stereocenters. The molecule has 118 valence electrons. The van der Waals surface area contributed by atoms with Gasteiger partial charge in [-0.3, -0.25) is 0 Å². The van der Waals surface area contributed by atoms with Gasteiger partial charge in [-0.25, -0.2) is 0 Å². The van der Waals surface area contributed by atoms with Gasteiger partial charge in [0.15, 0.2) is 0 Å². The monoisotopic (exact) mass is 288 g/mol. The molecular formula is C19H32N2. The number of hydrogen-bond donors (Lipinski definition) is 1. The fourth-order valence-corrected chi connectivity index (χ4v) is 2.92. The van der Waals surface area contributed by atoms with Crippen LogP contribution < -0.4 is 5.32 Å². The van der Waals surface area contributed by atoms with Gasteiger partial charge >= 0.3 is 0 Å². The van der Waals surface area contributed by atoms with Crippen molar-refractivity contribution < 1.29 is 0 Å². The van der Waals surface area contributed by atoms with Crippen molar-refractivity contribution in [3.05, 3.63) is 48.2 Å². The van der Waals surface area contributed by atoms with Crippen LogP contribution in [0.2, 0.25) is 0 Å². The minimum Gasteiger partial charge on any atom is -0.369 e. The van der Waals surface area contributed by atoms with Crippen LogP contribution in [0.25, 0.3) is 0 Å². The van der Waals surface area contributed by atoms with Crippen molar-refractivity contribution >= 4 is 0 Å². The summed E-state index contributed by atoms with van der Waals surface area (Å²) >= 11 is 0. The zero-order chi connectivity index (χ0) is 15.7. The summed E-state index contributed by atoms with van der Waals surface area (Å²) in [6.07, 6.45) is 9.75. The van der Waals surface area contributed by atoms with Crippen molar-refractivity contribution in [2.75, 3.05) is 26.2 Å². The molecule has 0 aromatic rings. The highest BCUT2D eigenvalue weighted by molar-refractivity contribution is 5.31. The van der Waals surface area contributed by atoms with E-state index >= 15 is 0 Å². The van der Waals surface area contributed by atoms with Crippen LogP contribution in [0.1, 0.15) is 40.0 Å². The molecule has 0 aromatic heterocycles. The molecule has 1 heterocycles. The second kappa shape index (κ2) is 9.62. The normalized spacial score (nSPS) is 18.5. The van der Waals surface area contributed by atoms with Crippen molar-refractivity contribution in [3.8, 4) is 0 Å². The van der Waals surface area contributed by atoms with E-state index in [1.807, 2.05) is 6.08 Å². The summed E-state index contributed by atoms with van der Waals surface area (Å²) in [4.78, 5) is 2.46. The third-order valence-corrected chi connectivity index (χ3v) is 4.05. The van der Waals surface area contributed by atoms with E-state index in [1.165, 1.54) is 16.8 Å². The third-order valence-electron chi connectivity index (χ3n) is 4.05. The maximum Gasteiger partial charge on any atom is 0.0353 e. The number of nitrogens with zero attached hydrogens (tertiary/aromatic N) is 1. The van der Waals surface area contributed by atoms with Gasteiger partial charge in [0.25, 0.3) is 0 Å². The van der Waals surface area contributed by atoms with Gasteiger partial charge in [-0.2, -0.15) is 0 Å². The Labute approximate surface area is 131 Å². The lowest BCUT2D eigenvalue weighted by molar-refractivity contribution is 0.303. The molecule has 1 saturated heterocycles. The zero-order valence-corrected chi connectivity index (χ0v) is 14.1. The average Bonchev–Trinajstić information content (AvgIpc) is 2.48. The van der Waals surface area contributed by atoms with E-state index < -0.39 is 0 Å². The molecule has 21 heavy (non-hydrogen) atoms. The predicted octanol–water partition coefficient (Wildman–Crippen LogP) is 4.29. The molecule has 0 spiro atoms. The van der Waals surface area contributed by atoms with Crippen LogP contribution >= 0.6 is 0 Å². The van der Waals surface area contributed by atoms with E-state index in [9.17, 15) is 0 Å². The molecule has 1 aliphatic heterocycles. The minimum absolute atomic E-state index is 0.568. The SMILES string of the molecule is C=CCC(C)C=C(CC)CC(=C)C(=CC)N1CCNCC1. The summed E-state index contributed by atoms with van der Waals surface area (Å²) in [5, 5.41) is 3.41. The highest BCUT2D eigenvalue weighted by Crippen LogP contribution is 2.24. The zero-order valence-electron chi connectivity index (χ0n) is 14.1. The molecule has 1 fully saturated rings. The van der Waals surface area contributed by atoms with Crippen molar-refractivity contribution in [2.45, 2.75) is 40.0 Å². The Morgan fingerprint density at radius 2 is 2.00 bits per heavy atom. The third kappa shape index (κ3) is 5.92. The Hall–Kier alpha value is -1.28. The van der Waals surface area contributed by atoms with E-state index in [-0.39, 0.29) is 0 Å². The smallest absolute Gasteiger partial charge is 0.0353 e. The summed E-state index contributed by atoms with van der Waals surface area (Å²) < 4.78 is 0. The van der Waals surface area contributed by atoms with Gasteiger partial charge in [-0.05, 0) is 37.7 Å². The molecule has 1 N–H and O–H groups in total. The molecule has 1 aliphatic rings. The fourth-order valence-electron chi connectivity index (χ4n) is 2.92. The van der Waals surface area contributed by atoms with Crippen LogP contribution in [0.3, 0.4) is 0 Å². The van der Waals surface area contributed by atoms with Crippen molar-refractivity contribution in [2.24, 2.45) is 5.92 Å². The standard InChI is InChI=1S/C19H32N2/c1-6-9-16(4)14-18(7-2)15-17(5)19(8-3)21-12-10-20-11-13-21/h6,8,14,16,20H,1,5,7,9-13,15H2,2-4H3. The Morgan fingerprint density at radius 1 is 1.33 bits per heavy atom. The first-order valence-electron chi connectivity index (χ1n) is 8.22. The first-order valence-corrected chi connectivity index (χ1v) is 8.22. The van der Waals surface area contributed by atoms with Crippen molar-refractivity contribution in [1.82, 2.24) is 10.2 Å². The van der Waals surface area contributed by atoms with E-state index in [2.05, 4.69) is 56.3 Å². The number of hydrogen-bond acceptors (Lipinski definition) is 2. The quantitative estimate of drug-likeness (QED) is 0.529. The second-order valence-corrected chi connectivity index (χ2v) is 5.87. The van der Waals surface area contributed by atoms with Gasteiger partial charge in [0.1, 0.15) is 0 Å². The molecule has 2 heteroatoms. The predicted molar refractivity (Wildman–Crippen MR) is 94.3 cm³/mol. The average molecular weight is 288 g/mol. The summed E-state index contributed by atoms with van der Waals surface area (Å²) in [5.74, 6) is 0.568. The van der Waals surface area contributed by atoms with E-state index in [0.29, 0.717) is 5.92 Å². The minimum atomic E-state index is 0.568. The number of nitrogens with one attached hydrogen (secondary N) is 1. The lowest BCUT2D eigenvalue weighted by Crippen LogP contribution is -2.43. The molecule has 0 aliphatic carbocycles. The number of rotatable bonds is 8. The second-order valence-electron chi connectivity index (χ2n) is 5.87. The highest BCUT2D eigenvalue weighted by atomic mass is 15.2. The molecule has 2 nitrogen and oxygen atoms in total. The molecule has 0 bridgehead atoms. The maximum absolute atomic E-state index is 4.35. The Morgan fingerprint density at radius 3 is 2.52 bits per heavy atom. The topological polar surface area (TPSA) is 15.3 Å². The van der Waals surface area contributed by atoms with Crippen LogP contribution in [0.4, 0.5) is 0 Å². The lowest BCUT2D eigenvalue weighted by atomic mass is 9.96. The number of piperazine rings is 1. The molecule has 0 amide bonds. The van der Waals surface area contributed by atoms with Gasteiger partial charge in [0.2, 0.25) is 0 Å². The summed E-state index contributed by atoms with van der Waals surface area (Å²) in [6.45, 7) is 19.1. The van der Waals surface area contributed by atoms with Gasteiger partial charge < -0.3 is 10.2 Å². The molecule has 1 atom stereocenters. The van der Waals surface area contributed by atoms with Gasteiger partial charge in [0, 0.05) is 31.9 Å². The van der Waals surface area contributed by atoms with Crippen molar-refractivity contribution in [3.63, 3.8) is 0 Å². The number of allylic oxidation sites excluding steroid dienone is 5. The Balaban J connectivity index is 2.69. The van der Waals surface area contributed by atoms with Gasteiger partial charge in [-0.15, -0.1) is 6.58 Å². The lowest BCUT2D eigenvalue weighted by Gasteiger charge is -2.32. The van der Waals surface area contributed by atoms with Crippen LogP contribution in [-0.4, -0.2) is 31.1 Å². The molecular weight excluding hydrogens is 256 g/mol. The van der Waals surface area contributed by atoms with Gasteiger partial charge in [-0.1, -0.05) is 44.2 Å². The largest absolute Gasteiger partial charge is 0.369 e. The van der Waals surface area contributed by atoms with Crippen molar-refractivity contribution in [1.29, 1.82) is 0 Å². The molecule has 0 radical (unpaired) electrons. The van der Waals surface area contributed by atoms with E-state index in [4.69, 9.17) is 0 Å². The summed E-state index contributed by atoms with van der Waals surface area (Å²) in [7, 11) is 0. The molecule has 0 saturated carbocycles. The Kier molecular flexibility index (Phi) is 8.14. The summed E-state index contributed by atoms with van der Waals surface area (Å²) in [5.41, 5.74) is 4.06. The first kappa shape index (κ1) is 17.8. The maximum atomic E-state index is 4.35. The van der Waals surface area contributed by atoms with E-state index in [0.717, 1.165) is 45.4 Å². The highest BCUT2D eigenvalue weighted by Gasteiger charge is 2.15. The Bertz CT molecular complexity index is 398. The van der Waals surface area contributed by atoms with Crippen LogP contribution in [-0.2, 0) is 0 Å². The van der Waals surface area contributed by atoms with Crippen LogP contribution in [0.15, 0.2) is 48.2 Å². The summed E-state index contributed by atoms with van der Waals surface area (Å²) in [6, 6.07) is 0. The van der Waals surface area contributed by atoms with Gasteiger partial charge in [0.05, 0.1) is 0 Å². The first-order chi connectivity index (χ1) is 10.1. The molecule has 0 aromatic carbocycles.